The molecule has 5 nitrogen and oxygen atoms in total. The first-order chi connectivity index (χ1) is 10.7. The SMILES string of the molecule is CCCOP(OCCC)Oc1cnn(-c2ccc(Cl)cc2)c1. The van der Waals surface area contributed by atoms with E-state index in [1.165, 1.54) is 0 Å². The fraction of sp³-hybridized carbons (Fsp3) is 0.400. The molecule has 0 N–H and O–H groups in total. The van der Waals surface area contributed by atoms with Crippen molar-refractivity contribution >= 4 is 20.2 Å². The van der Waals surface area contributed by atoms with E-state index in [9.17, 15) is 0 Å². The fourth-order valence-electron chi connectivity index (χ4n) is 1.60. The van der Waals surface area contributed by atoms with Crippen molar-refractivity contribution in [2.45, 2.75) is 26.7 Å². The van der Waals surface area contributed by atoms with Crippen molar-refractivity contribution in [2.75, 3.05) is 13.2 Å². The van der Waals surface area contributed by atoms with Crippen LogP contribution in [0.25, 0.3) is 5.69 Å². The molecule has 0 radical (unpaired) electrons. The first kappa shape index (κ1) is 17.2. The summed E-state index contributed by atoms with van der Waals surface area (Å²) in [6, 6.07) is 7.42. The summed E-state index contributed by atoms with van der Waals surface area (Å²) in [4.78, 5) is 0. The third-order valence-electron chi connectivity index (χ3n) is 2.63. The topological polar surface area (TPSA) is 45.5 Å². The van der Waals surface area contributed by atoms with Gasteiger partial charge in [0.25, 0.3) is 0 Å². The average molecular weight is 343 g/mol. The van der Waals surface area contributed by atoms with Crippen molar-refractivity contribution in [3.8, 4) is 11.4 Å². The van der Waals surface area contributed by atoms with Crippen LogP contribution in [0.15, 0.2) is 36.7 Å². The molecule has 120 valence electrons. The number of benzene rings is 1. The van der Waals surface area contributed by atoms with Crippen LogP contribution >= 0.6 is 20.2 Å². The quantitative estimate of drug-likeness (QED) is 0.602. The summed E-state index contributed by atoms with van der Waals surface area (Å²) in [5.41, 5.74) is 0.910. The lowest BCUT2D eigenvalue weighted by molar-refractivity contribution is 0.205. The molecule has 0 aliphatic carbocycles. The Morgan fingerprint density at radius 2 is 1.73 bits per heavy atom. The van der Waals surface area contributed by atoms with E-state index in [2.05, 4.69) is 5.10 Å². The molecular formula is C15H20ClN2O3P. The zero-order chi connectivity index (χ0) is 15.8. The van der Waals surface area contributed by atoms with E-state index in [0.29, 0.717) is 24.0 Å². The smallest absolute Gasteiger partial charge is 0.397 e. The second-order valence-corrected chi connectivity index (χ2v) is 6.16. The van der Waals surface area contributed by atoms with Gasteiger partial charge in [0, 0.05) is 5.02 Å². The lowest BCUT2D eigenvalue weighted by Gasteiger charge is -2.15. The number of hydrogen-bond donors (Lipinski definition) is 0. The summed E-state index contributed by atoms with van der Waals surface area (Å²) < 4.78 is 18.7. The molecule has 0 unspecified atom stereocenters. The van der Waals surface area contributed by atoms with Gasteiger partial charge in [0.15, 0.2) is 5.75 Å². The predicted molar refractivity (Wildman–Crippen MR) is 88.6 cm³/mol. The molecule has 2 aromatic rings. The minimum atomic E-state index is -1.38. The van der Waals surface area contributed by atoms with E-state index in [4.69, 9.17) is 25.2 Å². The van der Waals surface area contributed by atoms with E-state index in [-0.39, 0.29) is 0 Å². The van der Waals surface area contributed by atoms with E-state index in [0.717, 1.165) is 18.5 Å². The number of halogens is 1. The Labute approximate surface area is 137 Å². The summed E-state index contributed by atoms with van der Waals surface area (Å²) in [5, 5.41) is 4.97. The minimum Gasteiger partial charge on any atom is -0.423 e. The zero-order valence-corrected chi connectivity index (χ0v) is 14.4. The van der Waals surface area contributed by atoms with Gasteiger partial charge in [-0.25, -0.2) is 4.68 Å². The normalized spacial score (nSPS) is 11.1. The summed E-state index contributed by atoms with van der Waals surface area (Å²) in [6.45, 7) is 5.32. The maximum Gasteiger partial charge on any atom is 0.397 e. The van der Waals surface area contributed by atoms with Crippen LogP contribution in [0.5, 0.6) is 5.75 Å². The zero-order valence-electron chi connectivity index (χ0n) is 12.7. The molecule has 0 saturated heterocycles. The molecule has 1 aromatic heterocycles. The van der Waals surface area contributed by atoms with E-state index in [1.807, 2.05) is 38.1 Å². The summed E-state index contributed by atoms with van der Waals surface area (Å²) in [7, 11) is -1.38. The maximum atomic E-state index is 5.89. The van der Waals surface area contributed by atoms with Gasteiger partial charge in [0.1, 0.15) is 0 Å². The second-order valence-electron chi connectivity index (χ2n) is 4.58. The molecule has 0 atom stereocenters. The minimum absolute atomic E-state index is 0.612. The molecule has 0 aliphatic heterocycles. The van der Waals surface area contributed by atoms with Gasteiger partial charge in [-0.15, -0.1) is 0 Å². The third kappa shape index (κ3) is 5.25. The van der Waals surface area contributed by atoms with Gasteiger partial charge >= 0.3 is 8.60 Å². The number of rotatable bonds is 9. The molecule has 0 amide bonds. The van der Waals surface area contributed by atoms with Gasteiger partial charge in [-0.3, -0.25) is 0 Å². The highest BCUT2D eigenvalue weighted by Gasteiger charge is 2.15. The molecule has 1 aromatic carbocycles. The molecule has 7 heteroatoms. The lowest BCUT2D eigenvalue weighted by Crippen LogP contribution is -1.99. The van der Waals surface area contributed by atoms with E-state index in [1.54, 1.807) is 17.1 Å². The Bertz CT molecular complexity index is 554. The molecule has 0 spiro atoms. The number of nitrogens with zero attached hydrogens (tertiary/aromatic N) is 2. The monoisotopic (exact) mass is 342 g/mol. The molecule has 0 aliphatic rings. The van der Waals surface area contributed by atoms with Crippen molar-refractivity contribution in [2.24, 2.45) is 0 Å². The first-order valence-corrected chi connectivity index (χ1v) is 8.74. The molecule has 0 saturated carbocycles. The second kappa shape index (κ2) is 9.11. The van der Waals surface area contributed by atoms with Crippen LogP contribution in [-0.2, 0) is 9.05 Å². The standard InChI is InChI=1S/C15H20ClN2O3P/c1-3-9-19-22(20-10-4-2)21-15-11-17-18(12-15)14-7-5-13(16)6-8-14/h5-8,11-12H,3-4,9-10H2,1-2H3. The van der Waals surface area contributed by atoms with Gasteiger partial charge in [0.2, 0.25) is 0 Å². The average Bonchev–Trinajstić information content (AvgIpc) is 2.99. The molecular weight excluding hydrogens is 323 g/mol. The van der Waals surface area contributed by atoms with Gasteiger partial charge in [0.05, 0.1) is 31.3 Å². The molecule has 22 heavy (non-hydrogen) atoms. The highest BCUT2D eigenvalue weighted by Crippen LogP contribution is 2.40. The van der Waals surface area contributed by atoms with Gasteiger partial charge in [-0.1, -0.05) is 25.4 Å². The van der Waals surface area contributed by atoms with Crippen molar-refractivity contribution in [1.29, 1.82) is 0 Å². The summed E-state index contributed by atoms with van der Waals surface area (Å²) in [5.74, 6) is 0.619. The highest BCUT2D eigenvalue weighted by molar-refractivity contribution is 7.42. The Hall–Kier alpha value is -1.13. The molecule has 2 rings (SSSR count). The maximum absolute atomic E-state index is 5.89. The molecule has 0 fully saturated rings. The van der Waals surface area contributed by atoms with Crippen molar-refractivity contribution in [1.82, 2.24) is 9.78 Å². The van der Waals surface area contributed by atoms with Crippen molar-refractivity contribution in [3.63, 3.8) is 0 Å². The Kier molecular flexibility index (Phi) is 7.13. The predicted octanol–water partition coefficient (Wildman–Crippen LogP) is 4.98. The number of aromatic nitrogens is 2. The van der Waals surface area contributed by atoms with Crippen LogP contribution in [0.2, 0.25) is 5.02 Å². The van der Waals surface area contributed by atoms with Crippen molar-refractivity contribution < 1.29 is 13.6 Å². The van der Waals surface area contributed by atoms with Gasteiger partial charge in [-0.05, 0) is 37.1 Å². The van der Waals surface area contributed by atoms with Crippen molar-refractivity contribution in [3.05, 3.63) is 41.7 Å². The third-order valence-corrected chi connectivity index (χ3v) is 4.03. The van der Waals surface area contributed by atoms with Crippen LogP contribution in [0.4, 0.5) is 0 Å². The summed E-state index contributed by atoms with van der Waals surface area (Å²) >= 11 is 5.89. The Morgan fingerprint density at radius 1 is 1.09 bits per heavy atom. The highest BCUT2D eigenvalue weighted by atomic mass is 35.5. The van der Waals surface area contributed by atoms with Crippen LogP contribution in [0.1, 0.15) is 26.7 Å². The van der Waals surface area contributed by atoms with Crippen LogP contribution in [0, 0.1) is 0 Å². The fourth-order valence-corrected chi connectivity index (χ4v) is 2.83. The van der Waals surface area contributed by atoms with Gasteiger partial charge < -0.3 is 13.6 Å². The van der Waals surface area contributed by atoms with E-state index < -0.39 is 8.60 Å². The molecule has 0 bridgehead atoms. The van der Waals surface area contributed by atoms with Crippen LogP contribution in [0.3, 0.4) is 0 Å². The van der Waals surface area contributed by atoms with Gasteiger partial charge in [-0.2, -0.15) is 5.10 Å². The first-order valence-electron chi connectivity index (χ1n) is 7.27. The molecule has 1 heterocycles. The Morgan fingerprint density at radius 3 is 2.32 bits per heavy atom. The Balaban J connectivity index is 2.00. The largest absolute Gasteiger partial charge is 0.423 e. The lowest BCUT2D eigenvalue weighted by atomic mass is 10.3. The summed E-state index contributed by atoms with van der Waals surface area (Å²) in [6.07, 6.45) is 5.28. The van der Waals surface area contributed by atoms with E-state index >= 15 is 0 Å². The number of hydrogen-bond acceptors (Lipinski definition) is 4. The van der Waals surface area contributed by atoms with Crippen LogP contribution < -0.4 is 4.52 Å². The van der Waals surface area contributed by atoms with Crippen LogP contribution in [-0.4, -0.2) is 23.0 Å².